The van der Waals surface area contributed by atoms with Crippen molar-refractivity contribution < 1.29 is 14.4 Å². The Morgan fingerprint density at radius 3 is 2.86 bits per heavy atom. The number of carbonyl (C=O) groups is 3. The van der Waals surface area contributed by atoms with E-state index in [9.17, 15) is 14.4 Å². The highest BCUT2D eigenvalue weighted by Gasteiger charge is 2.39. The van der Waals surface area contributed by atoms with Crippen molar-refractivity contribution in [2.75, 3.05) is 13.1 Å². The number of imide groups is 1. The van der Waals surface area contributed by atoms with E-state index in [1.807, 2.05) is 12.1 Å². The summed E-state index contributed by atoms with van der Waals surface area (Å²) >= 11 is 0. The van der Waals surface area contributed by atoms with Crippen LogP contribution in [0.3, 0.4) is 0 Å². The normalized spacial score (nSPS) is 27.2. The van der Waals surface area contributed by atoms with Crippen molar-refractivity contribution in [3.8, 4) is 0 Å². The number of hydrogen-bond donors (Lipinski definition) is 3. The minimum atomic E-state index is -0.564. The summed E-state index contributed by atoms with van der Waals surface area (Å²) in [7, 11) is 0. The van der Waals surface area contributed by atoms with Gasteiger partial charge in [-0.1, -0.05) is 25.5 Å². The molecule has 2 fully saturated rings. The van der Waals surface area contributed by atoms with Gasteiger partial charge in [-0.05, 0) is 42.5 Å². The van der Waals surface area contributed by atoms with Crippen LogP contribution < -0.4 is 16.0 Å². The second kappa shape index (κ2) is 8.01. The van der Waals surface area contributed by atoms with Crippen LogP contribution in [0.25, 0.3) is 0 Å². The second-order valence-electron chi connectivity index (χ2n) is 8.04. The summed E-state index contributed by atoms with van der Waals surface area (Å²) in [5.74, 6) is -0.0975. The lowest BCUT2D eigenvalue weighted by Gasteiger charge is -2.29. The molecule has 150 valence electrons. The largest absolute Gasteiger partial charge is 0.322 e. The number of piperidine rings is 1. The van der Waals surface area contributed by atoms with Crippen molar-refractivity contribution in [2.45, 2.75) is 57.8 Å². The SMILES string of the molecule is CCC[C@@H]1CNC[C@@H]1NCc1cccc2c1CN(C1CCC(=O)NC1=O)C2=O. The van der Waals surface area contributed by atoms with Crippen molar-refractivity contribution in [3.63, 3.8) is 0 Å². The van der Waals surface area contributed by atoms with E-state index in [-0.39, 0.29) is 24.1 Å². The molecule has 3 aliphatic rings. The van der Waals surface area contributed by atoms with Crippen LogP contribution in [0.4, 0.5) is 0 Å². The number of benzene rings is 1. The highest BCUT2D eigenvalue weighted by Crippen LogP contribution is 2.30. The Kier molecular flexibility index (Phi) is 5.46. The third-order valence-corrected chi connectivity index (χ3v) is 6.23. The molecular weight excluding hydrogens is 356 g/mol. The summed E-state index contributed by atoms with van der Waals surface area (Å²) in [6, 6.07) is 5.69. The molecule has 4 rings (SSSR count). The minimum absolute atomic E-state index is 0.113. The molecule has 0 bridgehead atoms. The first-order chi connectivity index (χ1) is 13.6. The fraction of sp³-hybridized carbons (Fsp3) is 0.571. The maximum atomic E-state index is 12.9. The summed E-state index contributed by atoms with van der Waals surface area (Å²) < 4.78 is 0. The Bertz CT molecular complexity index is 794. The number of nitrogens with zero attached hydrogens (tertiary/aromatic N) is 1. The summed E-state index contributed by atoms with van der Waals surface area (Å²) in [5, 5.41) is 9.49. The van der Waals surface area contributed by atoms with Crippen LogP contribution in [0.1, 0.15) is 54.1 Å². The van der Waals surface area contributed by atoms with E-state index in [2.05, 4.69) is 28.9 Å². The molecular formula is C21H28N4O3. The molecule has 7 heteroatoms. The summed E-state index contributed by atoms with van der Waals surface area (Å²) in [4.78, 5) is 38.2. The first-order valence-electron chi connectivity index (χ1n) is 10.3. The lowest BCUT2D eigenvalue weighted by atomic mass is 9.97. The van der Waals surface area contributed by atoms with E-state index in [4.69, 9.17) is 0 Å². The zero-order chi connectivity index (χ0) is 19.7. The van der Waals surface area contributed by atoms with Crippen molar-refractivity contribution in [1.29, 1.82) is 0 Å². The fourth-order valence-electron chi connectivity index (χ4n) is 4.70. The molecule has 1 aromatic rings. The van der Waals surface area contributed by atoms with E-state index in [0.717, 1.165) is 24.2 Å². The number of nitrogens with one attached hydrogen (secondary N) is 3. The van der Waals surface area contributed by atoms with E-state index < -0.39 is 6.04 Å². The molecule has 0 spiro atoms. The smallest absolute Gasteiger partial charge is 0.255 e. The average Bonchev–Trinajstić information content (AvgIpc) is 3.25. The third kappa shape index (κ3) is 3.56. The fourth-order valence-corrected chi connectivity index (χ4v) is 4.70. The number of amides is 3. The zero-order valence-corrected chi connectivity index (χ0v) is 16.3. The molecule has 7 nitrogen and oxygen atoms in total. The van der Waals surface area contributed by atoms with Crippen molar-refractivity contribution >= 4 is 17.7 Å². The van der Waals surface area contributed by atoms with Crippen molar-refractivity contribution in [1.82, 2.24) is 20.9 Å². The van der Waals surface area contributed by atoms with Gasteiger partial charge in [0.05, 0.1) is 0 Å². The molecule has 2 saturated heterocycles. The summed E-state index contributed by atoms with van der Waals surface area (Å²) in [6.45, 7) is 5.39. The Balaban J connectivity index is 1.47. The van der Waals surface area contributed by atoms with Gasteiger partial charge in [-0.25, -0.2) is 0 Å². The third-order valence-electron chi connectivity index (χ3n) is 6.23. The number of hydrogen-bond acceptors (Lipinski definition) is 5. The molecule has 0 aliphatic carbocycles. The number of carbonyl (C=O) groups excluding carboxylic acids is 3. The molecule has 3 aliphatic heterocycles. The van der Waals surface area contributed by atoms with Crippen LogP contribution in [0.15, 0.2) is 18.2 Å². The van der Waals surface area contributed by atoms with Gasteiger partial charge in [0.1, 0.15) is 6.04 Å². The van der Waals surface area contributed by atoms with Crippen molar-refractivity contribution in [3.05, 3.63) is 34.9 Å². The van der Waals surface area contributed by atoms with Gasteiger partial charge in [0.15, 0.2) is 0 Å². The van der Waals surface area contributed by atoms with Crippen molar-refractivity contribution in [2.24, 2.45) is 5.92 Å². The van der Waals surface area contributed by atoms with Gasteiger partial charge in [-0.2, -0.15) is 0 Å². The quantitative estimate of drug-likeness (QED) is 0.635. The first-order valence-corrected chi connectivity index (χ1v) is 10.3. The van der Waals surface area contributed by atoms with Gasteiger partial charge in [-0.15, -0.1) is 0 Å². The molecule has 1 unspecified atom stereocenters. The molecule has 0 radical (unpaired) electrons. The van der Waals surface area contributed by atoms with Gasteiger partial charge in [0, 0.05) is 37.7 Å². The summed E-state index contributed by atoms with van der Waals surface area (Å²) in [5.41, 5.74) is 2.80. The molecule has 3 amide bonds. The number of rotatable bonds is 6. The van der Waals surface area contributed by atoms with Crippen LogP contribution in [0.5, 0.6) is 0 Å². The predicted octanol–water partition coefficient (Wildman–Crippen LogP) is 0.925. The molecule has 0 aromatic heterocycles. The van der Waals surface area contributed by atoms with Gasteiger partial charge < -0.3 is 15.5 Å². The average molecular weight is 384 g/mol. The summed E-state index contributed by atoms with van der Waals surface area (Å²) in [6.07, 6.45) is 3.06. The van der Waals surface area contributed by atoms with Crippen LogP contribution in [0.2, 0.25) is 0 Å². The Morgan fingerprint density at radius 2 is 2.07 bits per heavy atom. The number of fused-ring (bicyclic) bond motifs is 1. The maximum Gasteiger partial charge on any atom is 0.255 e. The lowest BCUT2D eigenvalue weighted by Crippen LogP contribution is -2.52. The second-order valence-corrected chi connectivity index (χ2v) is 8.04. The standard InChI is InChI=1S/C21H28N4O3/c1-2-4-14-9-22-11-17(14)23-10-13-5-3-6-15-16(13)12-25(21(15)28)18-7-8-19(26)24-20(18)27/h3,5-6,14,17-18,22-23H,2,4,7-12H2,1H3,(H,24,26,27)/t14-,17+,18?/m1/s1. The maximum absolute atomic E-state index is 12.9. The monoisotopic (exact) mass is 384 g/mol. The molecule has 3 heterocycles. The van der Waals surface area contributed by atoms with E-state index in [1.54, 1.807) is 4.90 Å². The van der Waals surface area contributed by atoms with E-state index in [0.29, 0.717) is 37.0 Å². The molecule has 0 saturated carbocycles. The first kappa shape index (κ1) is 19.1. The lowest BCUT2D eigenvalue weighted by molar-refractivity contribution is -0.136. The van der Waals surface area contributed by atoms with Gasteiger partial charge >= 0.3 is 0 Å². The highest BCUT2D eigenvalue weighted by atomic mass is 16.2. The zero-order valence-electron chi connectivity index (χ0n) is 16.3. The minimum Gasteiger partial charge on any atom is -0.322 e. The molecule has 28 heavy (non-hydrogen) atoms. The molecule has 1 aromatic carbocycles. The van der Waals surface area contributed by atoms with Gasteiger partial charge in [0.25, 0.3) is 5.91 Å². The topological polar surface area (TPSA) is 90.5 Å². The van der Waals surface area contributed by atoms with Gasteiger partial charge in [0.2, 0.25) is 11.8 Å². The van der Waals surface area contributed by atoms with Crippen LogP contribution in [-0.4, -0.2) is 47.8 Å². The van der Waals surface area contributed by atoms with Crippen LogP contribution in [-0.2, 0) is 22.7 Å². The Hall–Kier alpha value is -2.25. The van der Waals surface area contributed by atoms with Crippen LogP contribution in [0, 0.1) is 5.92 Å². The molecule has 3 N–H and O–H groups in total. The van der Waals surface area contributed by atoms with Gasteiger partial charge in [-0.3, -0.25) is 19.7 Å². The molecule has 3 atom stereocenters. The Morgan fingerprint density at radius 1 is 1.21 bits per heavy atom. The Labute approximate surface area is 165 Å². The van der Waals surface area contributed by atoms with Crippen LogP contribution >= 0.6 is 0 Å². The van der Waals surface area contributed by atoms with E-state index in [1.165, 1.54) is 12.8 Å². The highest BCUT2D eigenvalue weighted by molar-refractivity contribution is 6.05. The van der Waals surface area contributed by atoms with E-state index >= 15 is 0 Å². The predicted molar refractivity (Wildman–Crippen MR) is 104 cm³/mol.